The van der Waals surface area contributed by atoms with Crippen LogP contribution in [0.4, 0.5) is 5.13 Å². The molecule has 2 rings (SSSR count). The summed E-state index contributed by atoms with van der Waals surface area (Å²) in [5.74, 6) is 0.825. The Morgan fingerprint density at radius 1 is 1.45 bits per heavy atom. The van der Waals surface area contributed by atoms with Crippen LogP contribution in [0, 0.1) is 5.41 Å². The molecule has 0 unspecified atom stereocenters. The van der Waals surface area contributed by atoms with E-state index >= 15 is 0 Å². The lowest BCUT2D eigenvalue weighted by Gasteiger charge is -2.22. The highest BCUT2D eigenvalue weighted by atomic mass is 32.1. The van der Waals surface area contributed by atoms with E-state index in [1.165, 1.54) is 0 Å². The number of methoxy groups -OCH3 is 1. The van der Waals surface area contributed by atoms with Crippen LogP contribution in [-0.4, -0.2) is 31.6 Å². The topological polar surface area (TPSA) is 63.2 Å². The zero-order valence-electron chi connectivity index (χ0n) is 12.1. The molecule has 0 saturated carbocycles. The first kappa shape index (κ1) is 14.6. The Bertz CT molecular complexity index is 622. The zero-order chi connectivity index (χ0) is 14.8. The molecule has 0 saturated heterocycles. The lowest BCUT2D eigenvalue weighted by atomic mass is 9.92. The van der Waals surface area contributed by atoms with Crippen LogP contribution < -0.4 is 15.4 Å². The van der Waals surface area contributed by atoms with Gasteiger partial charge in [-0.2, -0.15) is 0 Å². The number of hydrogen-bond donors (Lipinski definition) is 2. The largest absolute Gasteiger partial charge is 0.497 e. The van der Waals surface area contributed by atoms with Crippen LogP contribution in [-0.2, 0) is 4.79 Å². The fourth-order valence-corrected chi connectivity index (χ4v) is 2.71. The molecule has 2 N–H and O–H groups in total. The van der Waals surface area contributed by atoms with E-state index in [-0.39, 0.29) is 5.91 Å². The van der Waals surface area contributed by atoms with Gasteiger partial charge >= 0.3 is 0 Å². The van der Waals surface area contributed by atoms with Gasteiger partial charge in [-0.05, 0) is 32.0 Å². The molecule has 2 aromatic rings. The zero-order valence-corrected chi connectivity index (χ0v) is 12.9. The Kier molecular flexibility index (Phi) is 4.13. The number of nitrogens with zero attached hydrogens (tertiary/aromatic N) is 1. The fourth-order valence-electron chi connectivity index (χ4n) is 1.82. The standard InChI is InChI=1S/C14H19N3O2S/c1-14(2,12(18)15-3)8-16-13-17-10-6-5-9(19-4)7-11(10)20-13/h5-7H,8H2,1-4H3,(H,15,18)(H,16,17). The number of aromatic nitrogens is 1. The number of carbonyl (C=O) groups is 1. The van der Waals surface area contributed by atoms with Crippen molar-refractivity contribution in [3.63, 3.8) is 0 Å². The number of carbonyl (C=O) groups excluding carboxylic acids is 1. The van der Waals surface area contributed by atoms with Gasteiger partial charge in [0.2, 0.25) is 5.91 Å². The molecule has 0 fully saturated rings. The van der Waals surface area contributed by atoms with Crippen molar-refractivity contribution in [1.29, 1.82) is 0 Å². The maximum absolute atomic E-state index is 11.7. The van der Waals surface area contributed by atoms with Gasteiger partial charge in [0, 0.05) is 13.6 Å². The summed E-state index contributed by atoms with van der Waals surface area (Å²) in [6.07, 6.45) is 0. The van der Waals surface area contributed by atoms with Gasteiger partial charge < -0.3 is 15.4 Å². The number of amides is 1. The summed E-state index contributed by atoms with van der Waals surface area (Å²) in [4.78, 5) is 16.2. The molecule has 6 heteroatoms. The molecular weight excluding hydrogens is 274 g/mol. The molecule has 0 aliphatic carbocycles. The van der Waals surface area contributed by atoms with Crippen molar-refractivity contribution >= 4 is 32.6 Å². The molecule has 108 valence electrons. The van der Waals surface area contributed by atoms with Crippen LogP contribution in [0.1, 0.15) is 13.8 Å². The van der Waals surface area contributed by atoms with Gasteiger partial charge in [-0.15, -0.1) is 0 Å². The van der Waals surface area contributed by atoms with Gasteiger partial charge in [-0.3, -0.25) is 4.79 Å². The number of ether oxygens (including phenoxy) is 1. The SMILES string of the molecule is CNC(=O)C(C)(C)CNc1nc2ccc(OC)cc2s1. The third kappa shape index (κ3) is 3.01. The number of thiazole rings is 1. The molecule has 1 heterocycles. The van der Waals surface area contributed by atoms with Crippen molar-refractivity contribution in [3.05, 3.63) is 18.2 Å². The average molecular weight is 293 g/mol. The molecule has 0 radical (unpaired) electrons. The summed E-state index contributed by atoms with van der Waals surface area (Å²) >= 11 is 1.55. The lowest BCUT2D eigenvalue weighted by Crippen LogP contribution is -2.39. The minimum absolute atomic E-state index is 0.00720. The Morgan fingerprint density at radius 2 is 2.20 bits per heavy atom. The van der Waals surface area contributed by atoms with Crippen LogP contribution in [0.3, 0.4) is 0 Å². The van der Waals surface area contributed by atoms with E-state index in [1.54, 1.807) is 25.5 Å². The first-order valence-electron chi connectivity index (χ1n) is 6.37. The number of anilines is 1. The molecule has 1 aromatic carbocycles. The van der Waals surface area contributed by atoms with Gasteiger partial charge in [0.1, 0.15) is 5.75 Å². The molecule has 1 amide bonds. The van der Waals surface area contributed by atoms with Crippen LogP contribution in [0.5, 0.6) is 5.75 Å². The molecule has 0 atom stereocenters. The van der Waals surface area contributed by atoms with Crippen LogP contribution in [0.2, 0.25) is 0 Å². The van der Waals surface area contributed by atoms with Gasteiger partial charge in [0.25, 0.3) is 0 Å². The number of fused-ring (bicyclic) bond motifs is 1. The van der Waals surface area contributed by atoms with E-state index in [0.29, 0.717) is 6.54 Å². The number of nitrogens with one attached hydrogen (secondary N) is 2. The smallest absolute Gasteiger partial charge is 0.227 e. The Hall–Kier alpha value is -1.82. The third-order valence-corrected chi connectivity index (χ3v) is 4.09. The first-order chi connectivity index (χ1) is 9.46. The van der Waals surface area contributed by atoms with E-state index in [9.17, 15) is 4.79 Å². The molecule has 0 spiro atoms. The van der Waals surface area contributed by atoms with Crippen molar-refractivity contribution in [1.82, 2.24) is 10.3 Å². The molecule has 20 heavy (non-hydrogen) atoms. The quantitative estimate of drug-likeness (QED) is 0.889. The van der Waals surface area contributed by atoms with Crippen molar-refractivity contribution < 1.29 is 9.53 Å². The highest BCUT2D eigenvalue weighted by molar-refractivity contribution is 7.22. The highest BCUT2D eigenvalue weighted by Gasteiger charge is 2.26. The Balaban J connectivity index is 2.12. The first-order valence-corrected chi connectivity index (χ1v) is 7.18. The number of rotatable bonds is 5. The maximum atomic E-state index is 11.7. The molecule has 0 aliphatic rings. The van der Waals surface area contributed by atoms with Crippen LogP contribution >= 0.6 is 11.3 Å². The van der Waals surface area contributed by atoms with E-state index < -0.39 is 5.41 Å². The van der Waals surface area contributed by atoms with Crippen molar-refractivity contribution in [2.75, 3.05) is 26.0 Å². The van der Waals surface area contributed by atoms with Gasteiger partial charge in [-0.1, -0.05) is 11.3 Å². The summed E-state index contributed by atoms with van der Waals surface area (Å²) < 4.78 is 6.26. The summed E-state index contributed by atoms with van der Waals surface area (Å²) in [6, 6.07) is 5.78. The van der Waals surface area contributed by atoms with Crippen molar-refractivity contribution in [2.45, 2.75) is 13.8 Å². The second-order valence-electron chi connectivity index (χ2n) is 5.17. The number of hydrogen-bond acceptors (Lipinski definition) is 5. The molecule has 1 aromatic heterocycles. The minimum atomic E-state index is -0.482. The third-order valence-electron chi connectivity index (χ3n) is 3.12. The van der Waals surface area contributed by atoms with E-state index in [2.05, 4.69) is 15.6 Å². The summed E-state index contributed by atoms with van der Waals surface area (Å²) in [6.45, 7) is 4.33. The van der Waals surface area contributed by atoms with Gasteiger partial charge in [-0.25, -0.2) is 4.98 Å². The monoisotopic (exact) mass is 293 g/mol. The highest BCUT2D eigenvalue weighted by Crippen LogP contribution is 2.29. The van der Waals surface area contributed by atoms with Gasteiger partial charge in [0.15, 0.2) is 5.13 Å². The van der Waals surface area contributed by atoms with Crippen molar-refractivity contribution in [2.24, 2.45) is 5.41 Å². The normalized spacial score (nSPS) is 11.4. The maximum Gasteiger partial charge on any atom is 0.227 e. The van der Waals surface area contributed by atoms with E-state index in [4.69, 9.17) is 4.74 Å². The Labute approximate surface area is 122 Å². The predicted molar refractivity (Wildman–Crippen MR) is 82.5 cm³/mol. The molecule has 5 nitrogen and oxygen atoms in total. The summed E-state index contributed by atoms with van der Waals surface area (Å²) in [5, 5.41) is 6.71. The predicted octanol–water partition coefficient (Wildman–Crippen LogP) is 2.49. The lowest BCUT2D eigenvalue weighted by molar-refractivity contribution is -0.128. The molecule has 0 bridgehead atoms. The average Bonchev–Trinajstić information content (AvgIpc) is 2.86. The second kappa shape index (κ2) is 5.66. The number of benzene rings is 1. The minimum Gasteiger partial charge on any atom is -0.497 e. The fraction of sp³-hybridized carbons (Fsp3) is 0.429. The summed E-state index contributed by atoms with van der Waals surface area (Å²) in [7, 11) is 3.29. The second-order valence-corrected chi connectivity index (χ2v) is 6.20. The van der Waals surface area contributed by atoms with E-state index in [1.807, 2.05) is 32.0 Å². The Morgan fingerprint density at radius 3 is 2.85 bits per heavy atom. The molecule has 0 aliphatic heterocycles. The van der Waals surface area contributed by atoms with Crippen LogP contribution in [0.15, 0.2) is 18.2 Å². The molecular formula is C14H19N3O2S. The summed E-state index contributed by atoms with van der Waals surface area (Å²) in [5.41, 5.74) is 0.445. The van der Waals surface area contributed by atoms with Gasteiger partial charge in [0.05, 0.1) is 22.7 Å². The van der Waals surface area contributed by atoms with Crippen molar-refractivity contribution in [3.8, 4) is 5.75 Å². The van der Waals surface area contributed by atoms with Crippen LogP contribution in [0.25, 0.3) is 10.2 Å². The van der Waals surface area contributed by atoms with E-state index in [0.717, 1.165) is 21.1 Å².